The Bertz CT molecular complexity index is 196. The molecule has 1 rings (SSSR count). The van der Waals surface area contributed by atoms with Crippen LogP contribution in [0.5, 0.6) is 0 Å². The van der Waals surface area contributed by atoms with Crippen molar-refractivity contribution in [2.24, 2.45) is 11.1 Å². The molecule has 1 aliphatic rings. The van der Waals surface area contributed by atoms with Crippen LogP contribution in [0.15, 0.2) is 5.16 Å². The predicted molar refractivity (Wildman–Crippen MR) is 44.0 cm³/mol. The number of nitrogens with zero attached hydrogens (tertiary/aromatic N) is 1. The third-order valence-electron chi connectivity index (χ3n) is 1.69. The molecule has 0 heterocycles. The smallest absolute Gasteiger partial charge is 0.344 e. The van der Waals surface area contributed by atoms with E-state index in [1.807, 2.05) is 6.92 Å². The van der Waals surface area contributed by atoms with Gasteiger partial charge in [0.15, 0.2) is 0 Å². The SMILES string of the molecule is CC(CC1CC1)=NOCC(=O)O. The molecule has 1 saturated carbocycles. The molecule has 4 heteroatoms. The summed E-state index contributed by atoms with van der Waals surface area (Å²) >= 11 is 0. The van der Waals surface area contributed by atoms with Crippen LogP contribution in [0.25, 0.3) is 0 Å². The summed E-state index contributed by atoms with van der Waals surface area (Å²) < 4.78 is 0. The normalized spacial score (nSPS) is 17.6. The van der Waals surface area contributed by atoms with Crippen LogP contribution in [0.2, 0.25) is 0 Å². The predicted octanol–water partition coefficient (Wildman–Crippen LogP) is 1.26. The zero-order valence-electron chi connectivity index (χ0n) is 7.12. The summed E-state index contributed by atoms with van der Waals surface area (Å²) in [6.07, 6.45) is 3.48. The molecule has 0 atom stereocenters. The van der Waals surface area contributed by atoms with E-state index in [2.05, 4.69) is 9.99 Å². The van der Waals surface area contributed by atoms with Crippen LogP contribution in [-0.2, 0) is 9.63 Å². The fourth-order valence-electron chi connectivity index (χ4n) is 0.975. The maximum atomic E-state index is 10.0. The van der Waals surface area contributed by atoms with Crippen molar-refractivity contribution in [3.63, 3.8) is 0 Å². The topological polar surface area (TPSA) is 58.9 Å². The van der Waals surface area contributed by atoms with Gasteiger partial charge in [0.25, 0.3) is 0 Å². The minimum atomic E-state index is -0.988. The minimum Gasteiger partial charge on any atom is -0.479 e. The molecule has 0 saturated heterocycles. The number of oxime groups is 1. The lowest BCUT2D eigenvalue weighted by Crippen LogP contribution is -2.05. The Labute approximate surface area is 71.2 Å². The summed E-state index contributed by atoms with van der Waals surface area (Å²) in [6.45, 7) is 1.52. The largest absolute Gasteiger partial charge is 0.479 e. The van der Waals surface area contributed by atoms with Gasteiger partial charge in [-0.1, -0.05) is 5.16 Å². The molecule has 0 aromatic rings. The first-order valence-corrected chi connectivity index (χ1v) is 4.05. The summed E-state index contributed by atoms with van der Waals surface area (Å²) in [5.41, 5.74) is 0.888. The quantitative estimate of drug-likeness (QED) is 0.500. The van der Waals surface area contributed by atoms with Crippen molar-refractivity contribution in [2.45, 2.75) is 26.2 Å². The van der Waals surface area contributed by atoms with E-state index in [1.54, 1.807) is 0 Å². The van der Waals surface area contributed by atoms with Crippen LogP contribution in [0.3, 0.4) is 0 Å². The van der Waals surface area contributed by atoms with Gasteiger partial charge < -0.3 is 9.94 Å². The Morgan fingerprint density at radius 1 is 1.67 bits per heavy atom. The molecule has 68 valence electrons. The molecule has 0 amide bonds. The Morgan fingerprint density at radius 3 is 2.83 bits per heavy atom. The van der Waals surface area contributed by atoms with Gasteiger partial charge in [-0.2, -0.15) is 0 Å². The first-order valence-electron chi connectivity index (χ1n) is 4.05. The molecule has 1 aliphatic carbocycles. The molecule has 0 spiro atoms. The second-order valence-electron chi connectivity index (χ2n) is 3.14. The lowest BCUT2D eigenvalue weighted by atomic mass is 10.2. The molecule has 0 aromatic heterocycles. The number of hydrogen-bond acceptors (Lipinski definition) is 3. The first kappa shape index (κ1) is 9.03. The maximum Gasteiger partial charge on any atom is 0.344 e. The number of carboxylic acids is 1. The lowest BCUT2D eigenvalue weighted by Gasteiger charge is -1.97. The second-order valence-corrected chi connectivity index (χ2v) is 3.14. The molecule has 12 heavy (non-hydrogen) atoms. The van der Waals surface area contributed by atoms with E-state index in [-0.39, 0.29) is 6.61 Å². The fraction of sp³-hybridized carbons (Fsp3) is 0.750. The molecule has 1 fully saturated rings. The van der Waals surface area contributed by atoms with Gasteiger partial charge in [0, 0.05) is 0 Å². The van der Waals surface area contributed by atoms with Crippen molar-refractivity contribution >= 4 is 11.7 Å². The van der Waals surface area contributed by atoms with Crippen molar-refractivity contribution in [3.05, 3.63) is 0 Å². The summed E-state index contributed by atoms with van der Waals surface area (Å²) in [5.74, 6) is -0.222. The highest BCUT2D eigenvalue weighted by atomic mass is 16.6. The standard InChI is InChI=1S/C8H13NO3/c1-6(4-7-2-3-7)9-12-5-8(10)11/h7H,2-5H2,1H3,(H,10,11). The van der Waals surface area contributed by atoms with Gasteiger partial charge in [-0.3, -0.25) is 0 Å². The van der Waals surface area contributed by atoms with Gasteiger partial charge in [0.2, 0.25) is 6.61 Å². The van der Waals surface area contributed by atoms with Gasteiger partial charge in [-0.05, 0) is 32.1 Å². The Balaban J connectivity index is 2.11. The van der Waals surface area contributed by atoms with Gasteiger partial charge in [-0.25, -0.2) is 4.79 Å². The summed E-state index contributed by atoms with van der Waals surface area (Å²) in [5, 5.41) is 11.9. The zero-order valence-corrected chi connectivity index (χ0v) is 7.12. The summed E-state index contributed by atoms with van der Waals surface area (Å²) in [6, 6.07) is 0. The average molecular weight is 171 g/mol. The average Bonchev–Trinajstić information content (AvgIpc) is 2.70. The molecule has 0 aromatic carbocycles. The molecule has 4 nitrogen and oxygen atoms in total. The van der Waals surface area contributed by atoms with E-state index in [0.717, 1.165) is 18.1 Å². The van der Waals surface area contributed by atoms with Crippen LogP contribution < -0.4 is 0 Å². The Morgan fingerprint density at radius 2 is 2.33 bits per heavy atom. The number of rotatable bonds is 5. The minimum absolute atomic E-state index is 0.345. The van der Waals surface area contributed by atoms with Crippen LogP contribution in [-0.4, -0.2) is 23.4 Å². The third-order valence-corrected chi connectivity index (χ3v) is 1.69. The highest BCUT2D eigenvalue weighted by molar-refractivity contribution is 5.81. The molecule has 0 aliphatic heterocycles. The van der Waals surface area contributed by atoms with Crippen LogP contribution in [0, 0.1) is 5.92 Å². The number of carboxylic acid groups (broad SMARTS) is 1. The molecule has 0 bridgehead atoms. The van der Waals surface area contributed by atoms with Gasteiger partial charge in [-0.15, -0.1) is 0 Å². The van der Waals surface area contributed by atoms with Crippen molar-refractivity contribution in [3.8, 4) is 0 Å². The number of carbonyl (C=O) groups is 1. The maximum absolute atomic E-state index is 10.0. The molecular weight excluding hydrogens is 158 g/mol. The monoisotopic (exact) mass is 171 g/mol. The van der Waals surface area contributed by atoms with E-state index in [0.29, 0.717) is 0 Å². The second kappa shape index (κ2) is 4.09. The summed E-state index contributed by atoms with van der Waals surface area (Å²) in [4.78, 5) is 14.6. The van der Waals surface area contributed by atoms with Crippen LogP contribution in [0.1, 0.15) is 26.2 Å². The van der Waals surface area contributed by atoms with E-state index in [1.165, 1.54) is 12.8 Å². The van der Waals surface area contributed by atoms with Gasteiger partial charge >= 0.3 is 5.97 Å². The molecular formula is C8H13NO3. The van der Waals surface area contributed by atoms with Gasteiger partial charge in [0.1, 0.15) is 0 Å². The van der Waals surface area contributed by atoms with Gasteiger partial charge in [0.05, 0.1) is 5.71 Å². The zero-order chi connectivity index (χ0) is 8.97. The van der Waals surface area contributed by atoms with E-state index < -0.39 is 5.97 Å². The highest BCUT2D eigenvalue weighted by Crippen LogP contribution is 2.32. The molecule has 0 radical (unpaired) electrons. The molecule has 1 N–H and O–H groups in total. The van der Waals surface area contributed by atoms with Crippen molar-refractivity contribution in [1.29, 1.82) is 0 Å². The van der Waals surface area contributed by atoms with Crippen molar-refractivity contribution in [1.82, 2.24) is 0 Å². The van der Waals surface area contributed by atoms with E-state index in [4.69, 9.17) is 5.11 Å². The number of hydrogen-bond donors (Lipinski definition) is 1. The Kier molecular flexibility index (Phi) is 3.08. The first-order chi connectivity index (χ1) is 5.68. The lowest BCUT2D eigenvalue weighted by molar-refractivity contribution is -0.142. The van der Waals surface area contributed by atoms with Crippen molar-refractivity contribution in [2.75, 3.05) is 6.61 Å². The molecule has 0 unspecified atom stereocenters. The van der Waals surface area contributed by atoms with E-state index in [9.17, 15) is 4.79 Å². The Hall–Kier alpha value is -1.06. The summed E-state index contributed by atoms with van der Waals surface area (Å²) in [7, 11) is 0. The van der Waals surface area contributed by atoms with E-state index >= 15 is 0 Å². The fourth-order valence-corrected chi connectivity index (χ4v) is 0.975. The number of aliphatic carboxylic acids is 1. The van der Waals surface area contributed by atoms with Crippen molar-refractivity contribution < 1.29 is 14.7 Å². The van der Waals surface area contributed by atoms with Crippen LogP contribution >= 0.6 is 0 Å². The van der Waals surface area contributed by atoms with Crippen LogP contribution in [0.4, 0.5) is 0 Å². The third kappa shape index (κ3) is 3.95. The highest BCUT2D eigenvalue weighted by Gasteiger charge is 2.21.